The number of hydrogen-bond acceptors (Lipinski definition) is 3. The summed E-state index contributed by atoms with van der Waals surface area (Å²) in [5.74, 6) is -0.169. The van der Waals surface area contributed by atoms with Gasteiger partial charge in [-0.1, -0.05) is 18.2 Å². The van der Waals surface area contributed by atoms with Crippen molar-refractivity contribution in [1.29, 1.82) is 0 Å². The van der Waals surface area contributed by atoms with Gasteiger partial charge in [-0.2, -0.15) is 0 Å². The van der Waals surface area contributed by atoms with Crippen LogP contribution in [-0.4, -0.2) is 35.9 Å². The minimum Gasteiger partial charge on any atom is -0.494 e. The Morgan fingerprint density at radius 1 is 1.15 bits per heavy atom. The van der Waals surface area contributed by atoms with E-state index in [2.05, 4.69) is 5.32 Å². The van der Waals surface area contributed by atoms with Crippen LogP contribution in [0.2, 0.25) is 0 Å². The SMILES string of the molecule is CCOc1ccc(C(=O)NCC(=O)N(Cc2ccccc2F)C2CC2)cc1. The molecule has 27 heavy (non-hydrogen) atoms. The van der Waals surface area contributed by atoms with E-state index in [0.29, 0.717) is 23.5 Å². The molecule has 0 aromatic heterocycles. The molecule has 0 aliphatic heterocycles. The molecule has 1 aliphatic carbocycles. The van der Waals surface area contributed by atoms with Crippen molar-refractivity contribution >= 4 is 11.8 Å². The molecule has 5 nitrogen and oxygen atoms in total. The number of halogens is 1. The van der Waals surface area contributed by atoms with Crippen molar-refractivity contribution in [3.8, 4) is 5.75 Å². The highest BCUT2D eigenvalue weighted by molar-refractivity contribution is 5.96. The lowest BCUT2D eigenvalue weighted by Crippen LogP contribution is -2.41. The van der Waals surface area contributed by atoms with E-state index >= 15 is 0 Å². The normalized spacial score (nSPS) is 13.1. The maximum Gasteiger partial charge on any atom is 0.251 e. The molecule has 2 amide bonds. The van der Waals surface area contributed by atoms with Crippen LogP contribution in [0.4, 0.5) is 4.39 Å². The molecule has 1 fully saturated rings. The van der Waals surface area contributed by atoms with Gasteiger partial charge in [0.05, 0.1) is 13.2 Å². The maximum absolute atomic E-state index is 13.9. The second-order valence-electron chi connectivity index (χ2n) is 6.48. The molecular formula is C21H23FN2O3. The molecule has 1 saturated carbocycles. The molecule has 0 spiro atoms. The van der Waals surface area contributed by atoms with Crippen molar-refractivity contribution in [3.05, 3.63) is 65.5 Å². The van der Waals surface area contributed by atoms with Gasteiger partial charge in [-0.05, 0) is 50.1 Å². The van der Waals surface area contributed by atoms with Gasteiger partial charge in [-0.15, -0.1) is 0 Å². The molecule has 0 atom stereocenters. The van der Waals surface area contributed by atoms with Crippen LogP contribution in [-0.2, 0) is 11.3 Å². The molecule has 2 aromatic rings. The first-order valence-electron chi connectivity index (χ1n) is 9.12. The second kappa shape index (κ2) is 8.66. The topological polar surface area (TPSA) is 58.6 Å². The number of carbonyl (C=O) groups excluding carboxylic acids is 2. The van der Waals surface area contributed by atoms with E-state index in [1.165, 1.54) is 6.07 Å². The molecule has 3 rings (SSSR count). The summed E-state index contributed by atoms with van der Waals surface area (Å²) in [6, 6.07) is 13.3. The standard InChI is InChI=1S/C21H23FN2O3/c1-2-27-18-11-7-15(8-12-18)21(26)23-13-20(25)24(17-9-10-17)14-16-5-3-4-6-19(16)22/h3-8,11-12,17H,2,9-10,13-14H2,1H3,(H,23,26). The molecule has 0 bridgehead atoms. The van der Waals surface area contributed by atoms with E-state index in [1.54, 1.807) is 47.4 Å². The van der Waals surface area contributed by atoms with Crippen LogP contribution in [0.1, 0.15) is 35.7 Å². The predicted molar refractivity (Wildman–Crippen MR) is 99.9 cm³/mol. The summed E-state index contributed by atoms with van der Waals surface area (Å²) in [6.45, 7) is 2.55. The summed E-state index contributed by atoms with van der Waals surface area (Å²) in [7, 11) is 0. The number of carbonyl (C=O) groups is 2. The van der Waals surface area contributed by atoms with Crippen LogP contribution < -0.4 is 10.1 Å². The Labute approximate surface area is 158 Å². The summed E-state index contributed by atoms with van der Waals surface area (Å²) in [4.78, 5) is 26.5. The highest BCUT2D eigenvalue weighted by Crippen LogP contribution is 2.28. The fraction of sp³-hybridized carbons (Fsp3) is 0.333. The lowest BCUT2D eigenvalue weighted by molar-refractivity contribution is -0.131. The molecule has 1 N–H and O–H groups in total. The molecule has 0 radical (unpaired) electrons. The Kier molecular flexibility index (Phi) is 6.06. The Morgan fingerprint density at radius 2 is 1.85 bits per heavy atom. The van der Waals surface area contributed by atoms with E-state index in [4.69, 9.17) is 4.74 Å². The number of hydrogen-bond donors (Lipinski definition) is 1. The summed E-state index contributed by atoms with van der Waals surface area (Å²) >= 11 is 0. The highest BCUT2D eigenvalue weighted by atomic mass is 19.1. The summed E-state index contributed by atoms with van der Waals surface area (Å²) in [6.07, 6.45) is 1.82. The van der Waals surface area contributed by atoms with Crippen LogP contribution in [0.3, 0.4) is 0 Å². The van der Waals surface area contributed by atoms with E-state index in [1.807, 2.05) is 6.92 Å². The number of nitrogens with one attached hydrogen (secondary N) is 1. The predicted octanol–water partition coefficient (Wildman–Crippen LogP) is 3.15. The largest absolute Gasteiger partial charge is 0.494 e. The van der Waals surface area contributed by atoms with Crippen molar-refractivity contribution in [2.45, 2.75) is 32.4 Å². The average molecular weight is 370 g/mol. The van der Waals surface area contributed by atoms with Crippen LogP contribution in [0.15, 0.2) is 48.5 Å². The van der Waals surface area contributed by atoms with Gasteiger partial charge in [-0.25, -0.2) is 4.39 Å². The van der Waals surface area contributed by atoms with Crippen molar-refractivity contribution in [2.75, 3.05) is 13.2 Å². The van der Waals surface area contributed by atoms with E-state index in [-0.39, 0.29) is 36.8 Å². The molecule has 0 saturated heterocycles. The van der Waals surface area contributed by atoms with Gasteiger partial charge in [0.2, 0.25) is 5.91 Å². The van der Waals surface area contributed by atoms with Crippen LogP contribution in [0.5, 0.6) is 5.75 Å². The first kappa shape index (κ1) is 18.9. The number of rotatable bonds is 8. The van der Waals surface area contributed by atoms with Gasteiger partial charge < -0.3 is 15.0 Å². The summed E-state index contributed by atoms with van der Waals surface area (Å²) in [5, 5.41) is 2.65. The van der Waals surface area contributed by atoms with Crippen molar-refractivity contribution in [3.63, 3.8) is 0 Å². The average Bonchev–Trinajstić information content (AvgIpc) is 3.51. The second-order valence-corrected chi connectivity index (χ2v) is 6.48. The van der Waals surface area contributed by atoms with Crippen molar-refractivity contribution in [2.24, 2.45) is 0 Å². The van der Waals surface area contributed by atoms with Crippen LogP contribution in [0.25, 0.3) is 0 Å². The van der Waals surface area contributed by atoms with Crippen molar-refractivity contribution < 1.29 is 18.7 Å². The van der Waals surface area contributed by atoms with Crippen molar-refractivity contribution in [1.82, 2.24) is 10.2 Å². The van der Waals surface area contributed by atoms with Crippen LogP contribution in [0, 0.1) is 5.82 Å². The fourth-order valence-electron chi connectivity index (χ4n) is 2.85. The molecule has 0 unspecified atom stereocenters. The third kappa shape index (κ3) is 5.06. The molecule has 2 aromatic carbocycles. The lowest BCUT2D eigenvalue weighted by Gasteiger charge is -2.23. The fourth-order valence-corrected chi connectivity index (χ4v) is 2.85. The number of benzene rings is 2. The molecular weight excluding hydrogens is 347 g/mol. The Bertz CT molecular complexity index is 803. The Morgan fingerprint density at radius 3 is 2.48 bits per heavy atom. The highest BCUT2D eigenvalue weighted by Gasteiger charge is 2.32. The van der Waals surface area contributed by atoms with Gasteiger partial charge in [0.25, 0.3) is 5.91 Å². The molecule has 1 aliphatic rings. The lowest BCUT2D eigenvalue weighted by atomic mass is 10.2. The third-order valence-electron chi connectivity index (χ3n) is 4.43. The molecule has 6 heteroatoms. The Balaban J connectivity index is 1.57. The smallest absolute Gasteiger partial charge is 0.251 e. The first-order chi connectivity index (χ1) is 13.1. The maximum atomic E-state index is 13.9. The molecule has 0 heterocycles. The number of nitrogens with zero attached hydrogens (tertiary/aromatic N) is 1. The quantitative estimate of drug-likeness (QED) is 0.777. The van der Waals surface area contributed by atoms with Gasteiger partial charge in [0, 0.05) is 23.7 Å². The van der Waals surface area contributed by atoms with Gasteiger partial charge in [0.1, 0.15) is 11.6 Å². The zero-order valence-electron chi connectivity index (χ0n) is 15.3. The summed E-state index contributed by atoms with van der Waals surface area (Å²) in [5.41, 5.74) is 0.939. The van der Waals surface area contributed by atoms with E-state index in [0.717, 1.165) is 12.8 Å². The minimum atomic E-state index is -0.326. The first-order valence-corrected chi connectivity index (χ1v) is 9.12. The zero-order valence-corrected chi connectivity index (χ0v) is 15.3. The summed E-state index contributed by atoms with van der Waals surface area (Å²) < 4.78 is 19.2. The van der Waals surface area contributed by atoms with Crippen LogP contribution >= 0.6 is 0 Å². The van der Waals surface area contributed by atoms with E-state index < -0.39 is 0 Å². The monoisotopic (exact) mass is 370 g/mol. The zero-order chi connectivity index (χ0) is 19.2. The number of amides is 2. The number of ether oxygens (including phenoxy) is 1. The molecule has 142 valence electrons. The minimum absolute atomic E-state index is 0.114. The third-order valence-corrected chi connectivity index (χ3v) is 4.43. The van der Waals surface area contributed by atoms with Gasteiger partial charge in [0.15, 0.2) is 0 Å². The Hall–Kier alpha value is -2.89. The van der Waals surface area contributed by atoms with Gasteiger partial charge in [-0.3, -0.25) is 9.59 Å². The van der Waals surface area contributed by atoms with Gasteiger partial charge >= 0.3 is 0 Å². The van der Waals surface area contributed by atoms with E-state index in [9.17, 15) is 14.0 Å².